The van der Waals surface area contributed by atoms with Gasteiger partial charge in [-0.25, -0.2) is 0 Å². The molecule has 0 spiro atoms. The van der Waals surface area contributed by atoms with Gasteiger partial charge in [-0.3, -0.25) is 14.4 Å². The van der Waals surface area contributed by atoms with E-state index in [1.807, 2.05) is 50.2 Å². The quantitative estimate of drug-likeness (QED) is 0.137. The molecule has 2 aromatic carbocycles. The number of aromatic amines is 1. The first-order chi connectivity index (χ1) is 18.9. The molecule has 0 saturated heterocycles. The number of para-hydroxylation sites is 2. The molecule has 0 saturated carbocycles. The molecule has 6 nitrogen and oxygen atoms in total. The van der Waals surface area contributed by atoms with Crippen molar-refractivity contribution in [1.29, 1.82) is 0 Å². The van der Waals surface area contributed by atoms with E-state index in [1.165, 1.54) is 44.9 Å². The fourth-order valence-corrected chi connectivity index (χ4v) is 4.67. The van der Waals surface area contributed by atoms with Crippen LogP contribution in [0.2, 0.25) is 0 Å². The number of nitrogens with one attached hydrogen (secondary N) is 2. The molecule has 3 N–H and O–H groups in total. The summed E-state index contributed by atoms with van der Waals surface area (Å²) in [6.07, 6.45) is 13.9. The van der Waals surface area contributed by atoms with Gasteiger partial charge in [-0.05, 0) is 50.5 Å². The van der Waals surface area contributed by atoms with Gasteiger partial charge in [0, 0.05) is 40.6 Å². The zero-order chi connectivity index (χ0) is 28.5. The summed E-state index contributed by atoms with van der Waals surface area (Å²) in [4.78, 5) is 39.4. The molecule has 0 unspecified atom stereocenters. The molecule has 7 heteroatoms. The standard InChI is InChI=1S/C17H25NO2.C17H23NO.Na.H2O/c1-3-5-6-7-8-13-17(20)18-15-12-10-9-11-14(15)16(19)4-2;1-3-4-5-6-7-11-15-13(2)17(19)14-10-8-9-12-16(14)18-15;;/h9-12H,3-8,13H2,1-2H3,(H,18,20);8-10,12H,3-7,11H2,1-2H3,(H,18,19);;1H2/q;;+1;/p-1. The number of aryl methyl sites for hydroxylation is 1. The number of hydrogen-bond donors (Lipinski definition) is 2. The van der Waals surface area contributed by atoms with E-state index in [1.54, 1.807) is 12.1 Å². The molecular formula is C34H49N2NaO4. The summed E-state index contributed by atoms with van der Waals surface area (Å²) in [5, 5.41) is 3.66. The Morgan fingerprint density at radius 3 is 2.02 bits per heavy atom. The molecular weight excluding hydrogens is 523 g/mol. The van der Waals surface area contributed by atoms with Gasteiger partial charge in [0.2, 0.25) is 5.91 Å². The number of benzene rings is 2. The Morgan fingerprint density at radius 1 is 0.780 bits per heavy atom. The maximum absolute atomic E-state index is 12.3. The largest absolute Gasteiger partial charge is 1.00 e. The second kappa shape index (κ2) is 22.4. The molecule has 0 atom stereocenters. The van der Waals surface area contributed by atoms with Crippen LogP contribution in [0.25, 0.3) is 10.9 Å². The van der Waals surface area contributed by atoms with Gasteiger partial charge in [0.15, 0.2) is 11.2 Å². The van der Waals surface area contributed by atoms with E-state index in [-0.39, 0.29) is 52.2 Å². The van der Waals surface area contributed by atoms with Crippen LogP contribution in [0.5, 0.6) is 0 Å². The number of rotatable bonds is 15. The molecule has 0 bridgehead atoms. The fraction of sp³-hybridized carbons (Fsp3) is 0.500. The number of anilines is 1. The summed E-state index contributed by atoms with van der Waals surface area (Å²) in [5.41, 5.74) is 4.38. The van der Waals surface area contributed by atoms with E-state index in [9.17, 15) is 14.4 Å². The van der Waals surface area contributed by atoms with Crippen molar-refractivity contribution in [2.24, 2.45) is 0 Å². The molecule has 1 amide bonds. The number of unbranched alkanes of at least 4 members (excludes halogenated alkanes) is 8. The third kappa shape index (κ3) is 13.5. The summed E-state index contributed by atoms with van der Waals surface area (Å²) >= 11 is 0. The summed E-state index contributed by atoms with van der Waals surface area (Å²) in [6.45, 7) is 8.17. The number of hydrogen-bond acceptors (Lipinski definition) is 4. The minimum Gasteiger partial charge on any atom is -0.870 e. The van der Waals surface area contributed by atoms with Crippen molar-refractivity contribution >= 4 is 28.3 Å². The topological polar surface area (TPSA) is 109 Å². The SMILES string of the molecule is CCCCCCCC(=O)Nc1ccccc1C(=O)CC.CCCCCCCc1[nH]c2ccccc2c(=O)c1C.[Na+].[OH-]. The average Bonchev–Trinajstić information content (AvgIpc) is 2.95. The van der Waals surface area contributed by atoms with Gasteiger partial charge in [-0.15, -0.1) is 0 Å². The number of amides is 1. The summed E-state index contributed by atoms with van der Waals surface area (Å²) in [5.74, 6) is 0.0571. The van der Waals surface area contributed by atoms with Gasteiger partial charge in [0.1, 0.15) is 0 Å². The molecule has 0 aliphatic heterocycles. The number of aromatic nitrogens is 1. The first-order valence-corrected chi connectivity index (χ1v) is 14.9. The minimum absolute atomic E-state index is 0. The Kier molecular flexibility index (Phi) is 21.1. The first-order valence-electron chi connectivity index (χ1n) is 14.9. The van der Waals surface area contributed by atoms with Crippen LogP contribution in [-0.2, 0) is 11.2 Å². The number of Topliss-reactive ketones (excluding diaryl/α,β-unsaturated/α-hetero) is 1. The molecule has 0 aliphatic carbocycles. The minimum atomic E-state index is -0.00199. The third-order valence-electron chi connectivity index (χ3n) is 7.11. The van der Waals surface area contributed by atoms with Gasteiger partial charge in [-0.2, -0.15) is 0 Å². The number of carbonyl (C=O) groups is 2. The van der Waals surface area contributed by atoms with Crippen LogP contribution >= 0.6 is 0 Å². The van der Waals surface area contributed by atoms with E-state index in [0.29, 0.717) is 24.1 Å². The second-order valence-corrected chi connectivity index (χ2v) is 10.3. The van der Waals surface area contributed by atoms with Crippen molar-refractivity contribution in [3.05, 3.63) is 75.6 Å². The summed E-state index contributed by atoms with van der Waals surface area (Å²) < 4.78 is 0. The van der Waals surface area contributed by atoms with Gasteiger partial charge >= 0.3 is 29.6 Å². The molecule has 3 rings (SSSR count). The van der Waals surface area contributed by atoms with Gasteiger partial charge < -0.3 is 15.8 Å². The fourth-order valence-electron chi connectivity index (χ4n) is 4.67. The summed E-state index contributed by atoms with van der Waals surface area (Å²) in [6, 6.07) is 15.0. The zero-order valence-corrected chi connectivity index (χ0v) is 28.0. The van der Waals surface area contributed by atoms with Gasteiger partial charge in [0.05, 0.1) is 5.69 Å². The zero-order valence-electron chi connectivity index (χ0n) is 26.0. The number of ketones is 1. The maximum Gasteiger partial charge on any atom is 1.00 e. The number of fused-ring (bicyclic) bond motifs is 1. The Bertz CT molecular complexity index is 1240. The van der Waals surface area contributed by atoms with Crippen LogP contribution in [0, 0.1) is 6.92 Å². The molecule has 220 valence electrons. The van der Waals surface area contributed by atoms with Crippen molar-refractivity contribution in [2.75, 3.05) is 5.32 Å². The average molecular weight is 573 g/mol. The van der Waals surface area contributed by atoms with Crippen LogP contribution in [0.3, 0.4) is 0 Å². The van der Waals surface area contributed by atoms with E-state index in [0.717, 1.165) is 47.8 Å². The van der Waals surface area contributed by atoms with Gasteiger partial charge in [0.25, 0.3) is 0 Å². The molecule has 0 fully saturated rings. The molecule has 0 radical (unpaired) electrons. The Morgan fingerprint density at radius 2 is 1.37 bits per heavy atom. The normalized spacial score (nSPS) is 10.1. The number of pyridine rings is 1. The van der Waals surface area contributed by atoms with Crippen molar-refractivity contribution in [2.45, 2.75) is 111 Å². The number of H-pyrrole nitrogens is 1. The monoisotopic (exact) mass is 572 g/mol. The van der Waals surface area contributed by atoms with Crippen LogP contribution in [-0.4, -0.2) is 22.2 Å². The maximum atomic E-state index is 12.3. The predicted octanol–water partition coefficient (Wildman–Crippen LogP) is 5.75. The number of carbonyl (C=O) groups excluding carboxylic acids is 2. The molecule has 1 heterocycles. The van der Waals surface area contributed by atoms with Crippen molar-refractivity contribution in [3.63, 3.8) is 0 Å². The third-order valence-corrected chi connectivity index (χ3v) is 7.11. The smallest absolute Gasteiger partial charge is 0.870 e. The van der Waals surface area contributed by atoms with Crippen molar-refractivity contribution in [1.82, 2.24) is 4.98 Å². The molecule has 3 aromatic rings. The van der Waals surface area contributed by atoms with Crippen LogP contribution in [0.4, 0.5) is 5.69 Å². The van der Waals surface area contributed by atoms with E-state index < -0.39 is 0 Å². The van der Waals surface area contributed by atoms with Crippen LogP contribution in [0.15, 0.2) is 53.3 Å². The molecule has 41 heavy (non-hydrogen) atoms. The van der Waals surface area contributed by atoms with Crippen LogP contribution in [0.1, 0.15) is 119 Å². The first kappa shape index (κ1) is 38.8. The van der Waals surface area contributed by atoms with Crippen LogP contribution < -0.4 is 40.3 Å². The molecule has 1 aromatic heterocycles. The Hall–Kier alpha value is -2.25. The Balaban J connectivity index is 0.000000745. The van der Waals surface area contributed by atoms with E-state index >= 15 is 0 Å². The van der Waals surface area contributed by atoms with Crippen molar-refractivity contribution < 1.29 is 44.6 Å². The predicted molar refractivity (Wildman–Crippen MR) is 167 cm³/mol. The molecule has 0 aliphatic rings. The van der Waals surface area contributed by atoms with Crippen molar-refractivity contribution in [3.8, 4) is 0 Å². The van der Waals surface area contributed by atoms with Gasteiger partial charge in [-0.1, -0.05) is 96.4 Å². The van der Waals surface area contributed by atoms with E-state index in [2.05, 4.69) is 24.1 Å². The summed E-state index contributed by atoms with van der Waals surface area (Å²) in [7, 11) is 0. The Labute approximate surface area is 268 Å². The van der Waals surface area contributed by atoms with E-state index in [4.69, 9.17) is 0 Å². The second-order valence-electron chi connectivity index (χ2n) is 10.3.